The van der Waals surface area contributed by atoms with E-state index in [2.05, 4.69) is 26.3 Å². The van der Waals surface area contributed by atoms with Crippen LogP contribution < -0.4 is 5.32 Å². The Labute approximate surface area is 142 Å². The van der Waals surface area contributed by atoms with Crippen LogP contribution in [0.15, 0.2) is 63.7 Å². The van der Waals surface area contributed by atoms with E-state index in [1.807, 2.05) is 36.5 Å². The van der Waals surface area contributed by atoms with Gasteiger partial charge in [0, 0.05) is 12.7 Å². The second-order valence-corrected chi connectivity index (χ2v) is 6.03. The highest BCUT2D eigenvalue weighted by atomic mass is 79.9. The number of nitrogens with zero attached hydrogens (tertiary/aromatic N) is 2. The first-order chi connectivity index (χ1) is 11.2. The summed E-state index contributed by atoms with van der Waals surface area (Å²) in [6.07, 6.45) is 4.35. The molecule has 1 amide bonds. The van der Waals surface area contributed by atoms with Crippen molar-refractivity contribution in [3.05, 3.63) is 76.4 Å². The quantitative estimate of drug-likeness (QED) is 0.721. The van der Waals surface area contributed by atoms with Gasteiger partial charge in [-0.2, -0.15) is 5.10 Å². The van der Waals surface area contributed by atoms with Gasteiger partial charge in [-0.3, -0.25) is 9.48 Å². The van der Waals surface area contributed by atoms with Crippen molar-refractivity contribution in [1.82, 2.24) is 15.1 Å². The molecule has 2 aromatic heterocycles. The minimum absolute atomic E-state index is 0.200. The van der Waals surface area contributed by atoms with E-state index in [-0.39, 0.29) is 5.91 Å². The number of furan rings is 1. The summed E-state index contributed by atoms with van der Waals surface area (Å²) in [5.41, 5.74) is 1.19. The first-order valence-corrected chi connectivity index (χ1v) is 8.09. The van der Waals surface area contributed by atoms with Crippen molar-refractivity contribution < 1.29 is 9.21 Å². The molecule has 0 aliphatic rings. The molecule has 0 unspecified atom stereocenters. The molecule has 118 valence electrons. The van der Waals surface area contributed by atoms with Crippen molar-refractivity contribution in [2.45, 2.75) is 13.0 Å². The van der Waals surface area contributed by atoms with Crippen LogP contribution in [0.5, 0.6) is 0 Å². The van der Waals surface area contributed by atoms with Gasteiger partial charge in [-0.05, 0) is 40.0 Å². The first kappa shape index (κ1) is 15.6. The van der Waals surface area contributed by atoms with Crippen LogP contribution in [0.3, 0.4) is 0 Å². The van der Waals surface area contributed by atoms with Crippen LogP contribution in [0.2, 0.25) is 0 Å². The Morgan fingerprint density at radius 3 is 2.78 bits per heavy atom. The van der Waals surface area contributed by atoms with Gasteiger partial charge in [0.1, 0.15) is 5.76 Å². The van der Waals surface area contributed by atoms with Gasteiger partial charge in [0.25, 0.3) is 5.91 Å². The highest BCUT2D eigenvalue weighted by Crippen LogP contribution is 2.12. The fourth-order valence-electron chi connectivity index (χ4n) is 2.22. The molecule has 5 nitrogen and oxygen atoms in total. The van der Waals surface area contributed by atoms with Gasteiger partial charge in [0.05, 0.1) is 17.2 Å². The van der Waals surface area contributed by atoms with Crippen molar-refractivity contribution >= 4 is 21.8 Å². The van der Waals surface area contributed by atoms with E-state index in [1.165, 1.54) is 5.56 Å². The molecule has 0 radical (unpaired) electrons. The second-order valence-electron chi connectivity index (χ2n) is 5.11. The Morgan fingerprint density at radius 2 is 2.04 bits per heavy atom. The molecular formula is C17H16BrN3O2. The summed E-state index contributed by atoms with van der Waals surface area (Å²) in [6.45, 7) is 1.06. The maximum atomic E-state index is 12.1. The molecule has 0 aliphatic heterocycles. The number of hydrogen-bond acceptors (Lipinski definition) is 3. The molecule has 0 atom stereocenters. The summed E-state index contributed by atoms with van der Waals surface area (Å²) in [6, 6.07) is 13.5. The predicted molar refractivity (Wildman–Crippen MR) is 90.2 cm³/mol. The van der Waals surface area contributed by atoms with Gasteiger partial charge in [0.15, 0.2) is 5.76 Å². The number of hydrogen-bond donors (Lipinski definition) is 1. The van der Waals surface area contributed by atoms with Gasteiger partial charge in [-0.1, -0.05) is 30.3 Å². The summed E-state index contributed by atoms with van der Waals surface area (Å²) in [5.74, 6) is 0.807. The molecular weight excluding hydrogens is 358 g/mol. The Kier molecular flexibility index (Phi) is 4.92. The minimum atomic E-state index is -0.200. The van der Waals surface area contributed by atoms with E-state index in [0.29, 0.717) is 24.6 Å². The number of carbonyl (C=O) groups excluding carboxylic acids is 1. The van der Waals surface area contributed by atoms with Crippen molar-refractivity contribution in [2.75, 3.05) is 6.54 Å². The molecule has 0 saturated heterocycles. The normalized spacial score (nSPS) is 10.7. The average Bonchev–Trinajstić information content (AvgIpc) is 3.18. The largest absolute Gasteiger partial charge is 0.454 e. The Bertz CT molecular complexity index is 780. The number of benzene rings is 1. The van der Waals surface area contributed by atoms with Gasteiger partial charge in [-0.15, -0.1) is 0 Å². The molecule has 3 rings (SSSR count). The molecule has 6 heteroatoms. The van der Waals surface area contributed by atoms with Crippen molar-refractivity contribution in [3.8, 4) is 0 Å². The molecule has 1 N–H and O–H groups in total. The van der Waals surface area contributed by atoms with Gasteiger partial charge >= 0.3 is 0 Å². The standard InChI is InChI=1S/C17H16BrN3O2/c18-14-10-20-21(11-14)12-15-6-7-16(23-15)17(22)19-9-8-13-4-2-1-3-5-13/h1-7,10-11H,8-9,12H2,(H,19,22). The maximum absolute atomic E-state index is 12.1. The average molecular weight is 374 g/mol. The third-order valence-electron chi connectivity index (χ3n) is 3.35. The van der Waals surface area contributed by atoms with Crippen LogP contribution in [0.4, 0.5) is 0 Å². The number of amides is 1. The van der Waals surface area contributed by atoms with Crippen LogP contribution >= 0.6 is 15.9 Å². The topological polar surface area (TPSA) is 60.1 Å². The molecule has 0 bridgehead atoms. The molecule has 0 fully saturated rings. The summed E-state index contributed by atoms with van der Waals surface area (Å²) < 4.78 is 8.21. The minimum Gasteiger partial charge on any atom is -0.454 e. The smallest absolute Gasteiger partial charge is 0.287 e. The zero-order valence-electron chi connectivity index (χ0n) is 12.4. The van der Waals surface area contributed by atoms with E-state index in [1.54, 1.807) is 23.0 Å². The van der Waals surface area contributed by atoms with E-state index in [9.17, 15) is 4.79 Å². The van der Waals surface area contributed by atoms with Crippen LogP contribution in [-0.4, -0.2) is 22.2 Å². The number of aromatic nitrogens is 2. The fourth-order valence-corrected chi connectivity index (χ4v) is 2.55. The van der Waals surface area contributed by atoms with Crippen LogP contribution in [-0.2, 0) is 13.0 Å². The van der Waals surface area contributed by atoms with Crippen molar-refractivity contribution in [2.24, 2.45) is 0 Å². The lowest BCUT2D eigenvalue weighted by Gasteiger charge is -2.03. The third kappa shape index (κ3) is 4.32. The molecule has 3 aromatic rings. The van der Waals surface area contributed by atoms with Gasteiger partial charge < -0.3 is 9.73 Å². The molecule has 1 aromatic carbocycles. The van der Waals surface area contributed by atoms with Crippen molar-refractivity contribution in [1.29, 1.82) is 0 Å². The van der Waals surface area contributed by atoms with E-state index < -0.39 is 0 Å². The highest BCUT2D eigenvalue weighted by Gasteiger charge is 2.11. The summed E-state index contributed by atoms with van der Waals surface area (Å²) in [5, 5.41) is 7.02. The number of carbonyl (C=O) groups is 1. The zero-order chi connectivity index (χ0) is 16.1. The van der Waals surface area contributed by atoms with Crippen molar-refractivity contribution in [3.63, 3.8) is 0 Å². The Balaban J connectivity index is 1.52. The van der Waals surface area contributed by atoms with E-state index in [4.69, 9.17) is 4.42 Å². The first-order valence-electron chi connectivity index (χ1n) is 7.29. The van der Waals surface area contributed by atoms with E-state index >= 15 is 0 Å². The summed E-state index contributed by atoms with van der Waals surface area (Å²) in [7, 11) is 0. The lowest BCUT2D eigenvalue weighted by Crippen LogP contribution is -2.25. The molecule has 0 saturated carbocycles. The molecule has 0 aliphatic carbocycles. The van der Waals surface area contributed by atoms with Crippen LogP contribution in [0.25, 0.3) is 0 Å². The van der Waals surface area contributed by atoms with Crippen LogP contribution in [0.1, 0.15) is 21.9 Å². The molecule has 0 spiro atoms. The predicted octanol–water partition coefficient (Wildman–Crippen LogP) is 3.26. The summed E-state index contributed by atoms with van der Waals surface area (Å²) in [4.78, 5) is 12.1. The molecule has 23 heavy (non-hydrogen) atoms. The summed E-state index contributed by atoms with van der Waals surface area (Å²) >= 11 is 3.34. The highest BCUT2D eigenvalue weighted by molar-refractivity contribution is 9.10. The number of nitrogens with one attached hydrogen (secondary N) is 1. The molecule has 2 heterocycles. The maximum Gasteiger partial charge on any atom is 0.287 e. The second kappa shape index (κ2) is 7.28. The lowest BCUT2D eigenvalue weighted by molar-refractivity contribution is 0.0924. The van der Waals surface area contributed by atoms with Gasteiger partial charge in [-0.25, -0.2) is 0 Å². The monoisotopic (exact) mass is 373 g/mol. The lowest BCUT2D eigenvalue weighted by atomic mass is 10.1. The Hall–Kier alpha value is -2.34. The third-order valence-corrected chi connectivity index (χ3v) is 3.76. The number of halogens is 1. The van der Waals surface area contributed by atoms with E-state index in [0.717, 1.165) is 10.9 Å². The number of rotatable bonds is 6. The fraction of sp³-hybridized carbons (Fsp3) is 0.176. The Morgan fingerprint density at radius 1 is 1.22 bits per heavy atom. The van der Waals surface area contributed by atoms with Crippen LogP contribution in [0, 0.1) is 0 Å². The van der Waals surface area contributed by atoms with Gasteiger partial charge in [0.2, 0.25) is 0 Å². The zero-order valence-corrected chi connectivity index (χ0v) is 14.0. The SMILES string of the molecule is O=C(NCCc1ccccc1)c1ccc(Cn2cc(Br)cn2)o1.